The van der Waals surface area contributed by atoms with E-state index in [9.17, 15) is 9.59 Å². The quantitative estimate of drug-likeness (QED) is 0.292. The fourth-order valence-electron chi connectivity index (χ4n) is 4.61. The maximum atomic E-state index is 14.1. The number of carbonyl (C=O) groups excluding carboxylic acids is 1. The highest BCUT2D eigenvalue weighted by atomic mass is 32.1. The number of nitrogens with two attached hydrogens (primary N) is 1. The molecule has 4 N–H and O–H groups in total. The molecule has 6 rings (SSSR count). The molecule has 0 spiro atoms. The summed E-state index contributed by atoms with van der Waals surface area (Å²) in [4.78, 5) is 37.5. The van der Waals surface area contributed by atoms with Crippen LogP contribution in [-0.2, 0) is 0 Å². The van der Waals surface area contributed by atoms with Gasteiger partial charge in [-0.05, 0) is 50.1 Å². The van der Waals surface area contributed by atoms with Gasteiger partial charge in [-0.25, -0.2) is 14.6 Å². The number of aromatic nitrogens is 5. The van der Waals surface area contributed by atoms with Crippen molar-refractivity contribution in [2.45, 2.75) is 19.9 Å². The Morgan fingerprint density at radius 3 is 2.77 bits per heavy atom. The van der Waals surface area contributed by atoms with Crippen LogP contribution in [0.2, 0.25) is 0 Å². The molecule has 11 heteroatoms. The van der Waals surface area contributed by atoms with E-state index in [2.05, 4.69) is 32.6 Å². The van der Waals surface area contributed by atoms with E-state index in [1.165, 1.54) is 20.6 Å². The van der Waals surface area contributed by atoms with Crippen LogP contribution in [0.1, 0.15) is 44.6 Å². The van der Waals surface area contributed by atoms with Crippen LogP contribution in [0.3, 0.4) is 0 Å². The Morgan fingerprint density at radius 2 is 2.00 bits per heavy atom. The molecule has 10 nitrogen and oxygen atoms in total. The molecule has 1 aliphatic rings. The number of benzene rings is 2. The average Bonchev–Trinajstić information content (AvgIpc) is 3.53. The van der Waals surface area contributed by atoms with Crippen molar-refractivity contribution in [3.05, 3.63) is 98.0 Å². The van der Waals surface area contributed by atoms with E-state index in [0.29, 0.717) is 40.3 Å². The molecule has 1 atom stereocenters. The van der Waals surface area contributed by atoms with E-state index >= 15 is 0 Å². The van der Waals surface area contributed by atoms with Crippen molar-refractivity contribution in [2.75, 3.05) is 17.6 Å². The van der Waals surface area contributed by atoms with Gasteiger partial charge in [0.2, 0.25) is 0 Å². The van der Waals surface area contributed by atoms with Crippen LogP contribution in [0.5, 0.6) is 0 Å². The Kier molecular flexibility index (Phi) is 6.37. The van der Waals surface area contributed by atoms with Gasteiger partial charge < -0.3 is 16.4 Å². The molecule has 0 radical (unpaired) electrons. The Morgan fingerprint density at radius 1 is 1.18 bits per heavy atom. The molecule has 3 aromatic heterocycles. The van der Waals surface area contributed by atoms with Crippen molar-refractivity contribution in [1.29, 1.82) is 0 Å². The molecule has 0 bridgehead atoms. The lowest BCUT2D eigenvalue weighted by molar-refractivity contribution is 0.0939. The molecular weight excluding hydrogens is 524 g/mol. The van der Waals surface area contributed by atoms with Crippen molar-refractivity contribution in [3.63, 3.8) is 0 Å². The number of amides is 1. The highest BCUT2D eigenvalue weighted by Gasteiger charge is 2.26. The number of thiazole rings is 1. The van der Waals surface area contributed by atoms with Crippen LogP contribution in [0.15, 0.2) is 65.6 Å². The lowest BCUT2D eigenvalue weighted by Crippen LogP contribution is -2.34. The predicted octanol–water partition coefficient (Wildman–Crippen LogP) is 3.72. The maximum Gasteiger partial charge on any atom is 0.267 e. The van der Waals surface area contributed by atoms with Gasteiger partial charge in [-0.3, -0.25) is 14.2 Å². The summed E-state index contributed by atoms with van der Waals surface area (Å²) in [7, 11) is 0. The van der Waals surface area contributed by atoms with Crippen LogP contribution in [-0.4, -0.2) is 36.8 Å². The van der Waals surface area contributed by atoms with E-state index in [0.717, 1.165) is 9.88 Å². The van der Waals surface area contributed by atoms with Crippen molar-refractivity contribution in [3.8, 4) is 17.5 Å². The van der Waals surface area contributed by atoms with E-state index < -0.39 is 11.9 Å². The molecule has 1 aliphatic heterocycles. The Hall–Kier alpha value is -5.21. The fraction of sp³-hybridized carbons (Fsp3) is 0.138. The van der Waals surface area contributed by atoms with Gasteiger partial charge >= 0.3 is 0 Å². The third kappa shape index (κ3) is 4.50. The van der Waals surface area contributed by atoms with Crippen LogP contribution >= 0.6 is 11.3 Å². The molecule has 0 saturated carbocycles. The molecule has 2 aromatic carbocycles. The Balaban J connectivity index is 1.46. The molecule has 198 valence electrons. The van der Waals surface area contributed by atoms with Crippen LogP contribution in [0.25, 0.3) is 22.8 Å². The smallest absolute Gasteiger partial charge is 0.267 e. The Labute approximate surface area is 233 Å². The minimum Gasteiger partial charge on any atom is -0.381 e. The molecule has 0 saturated heterocycles. The number of anilines is 2. The highest BCUT2D eigenvalue weighted by Crippen LogP contribution is 2.26. The van der Waals surface area contributed by atoms with Gasteiger partial charge in [0.05, 0.1) is 38.7 Å². The topological polar surface area (TPSA) is 133 Å². The largest absolute Gasteiger partial charge is 0.381 e. The lowest BCUT2D eigenvalue weighted by atomic mass is 10.1. The van der Waals surface area contributed by atoms with Gasteiger partial charge in [-0.15, -0.1) is 16.4 Å². The normalized spacial score (nSPS) is 12.8. The summed E-state index contributed by atoms with van der Waals surface area (Å²) in [5.74, 6) is 6.80. The molecule has 1 amide bonds. The zero-order valence-corrected chi connectivity index (χ0v) is 22.5. The number of nitrogens with zero attached hydrogens (tertiary/aromatic N) is 5. The molecular formula is C29H24N8O2S. The number of hydrogen-bond donors (Lipinski definition) is 3. The van der Waals surface area contributed by atoms with Gasteiger partial charge in [0, 0.05) is 18.3 Å². The average molecular weight is 549 g/mol. The van der Waals surface area contributed by atoms with Gasteiger partial charge in [-0.1, -0.05) is 30.2 Å². The van der Waals surface area contributed by atoms with E-state index in [1.54, 1.807) is 31.5 Å². The van der Waals surface area contributed by atoms with Gasteiger partial charge in [0.25, 0.3) is 11.5 Å². The first-order valence-corrected chi connectivity index (χ1v) is 13.4. The van der Waals surface area contributed by atoms with Crippen molar-refractivity contribution < 1.29 is 4.79 Å². The molecule has 4 heterocycles. The van der Waals surface area contributed by atoms with Crippen molar-refractivity contribution in [2.24, 2.45) is 0 Å². The summed E-state index contributed by atoms with van der Waals surface area (Å²) in [5.41, 5.74) is 7.71. The molecule has 1 unspecified atom stereocenters. The number of nitrogens with one attached hydrogen (secondary N) is 2. The minimum atomic E-state index is -0.659. The minimum absolute atomic E-state index is 0.102. The lowest BCUT2D eigenvalue weighted by Gasteiger charge is -2.20. The number of fused-ring (bicyclic) bond motifs is 2. The number of aryl methyl sites for hydroxylation is 1. The van der Waals surface area contributed by atoms with Crippen molar-refractivity contribution >= 4 is 46.0 Å². The second-order valence-electron chi connectivity index (χ2n) is 9.15. The summed E-state index contributed by atoms with van der Waals surface area (Å²) in [6.45, 7) is 4.25. The first-order chi connectivity index (χ1) is 19.4. The zero-order valence-electron chi connectivity index (χ0n) is 21.7. The molecule has 0 aliphatic carbocycles. The molecule has 40 heavy (non-hydrogen) atoms. The standard InChI is InChI=1S/C29H24N8O2S/c1-17(33-28(38)24-25(30)35-36-15-7-14-31-27(24)36)26-34-22-11-6-8-19(12-13-21-16-32-18(2)40-21)23(22)29(39)37(26)20-9-4-3-5-10-20/h3-11,15-17,31H,14H2,1-2H3,(H2,30,35)(H,33,38). The van der Waals surface area contributed by atoms with Crippen LogP contribution in [0, 0.1) is 18.8 Å². The summed E-state index contributed by atoms with van der Waals surface area (Å²) in [6, 6.07) is 13.9. The zero-order chi connectivity index (χ0) is 27.8. The van der Waals surface area contributed by atoms with E-state index in [4.69, 9.17) is 10.7 Å². The first kappa shape index (κ1) is 25.1. The molecule has 5 aromatic rings. The number of rotatable bonds is 4. The predicted molar refractivity (Wildman–Crippen MR) is 157 cm³/mol. The van der Waals surface area contributed by atoms with Gasteiger partial charge in [0.15, 0.2) is 5.82 Å². The van der Waals surface area contributed by atoms with Crippen LogP contribution < -0.4 is 21.9 Å². The SMILES string of the molecule is Cc1ncc(C#Cc2cccc3nc(C(C)NC(=O)c4c(N)nn5c4NCC=C5)n(-c4ccccc4)c(=O)c23)s1. The number of carbonyl (C=O) groups is 1. The van der Waals surface area contributed by atoms with Crippen LogP contribution in [0.4, 0.5) is 11.6 Å². The summed E-state index contributed by atoms with van der Waals surface area (Å²) in [5, 5.41) is 11.6. The van der Waals surface area contributed by atoms with Gasteiger partial charge in [0.1, 0.15) is 17.2 Å². The first-order valence-electron chi connectivity index (χ1n) is 12.6. The van der Waals surface area contributed by atoms with Gasteiger partial charge in [-0.2, -0.15) is 0 Å². The number of nitrogen functional groups attached to an aromatic ring is 1. The second kappa shape index (κ2) is 10.2. The number of hydrogen-bond acceptors (Lipinski definition) is 8. The number of para-hydroxylation sites is 1. The summed E-state index contributed by atoms with van der Waals surface area (Å²) >= 11 is 1.49. The molecule has 0 fully saturated rings. The van der Waals surface area contributed by atoms with E-state index in [-0.39, 0.29) is 16.9 Å². The summed E-state index contributed by atoms with van der Waals surface area (Å²) < 4.78 is 3.05. The maximum absolute atomic E-state index is 14.1. The monoisotopic (exact) mass is 548 g/mol. The van der Waals surface area contributed by atoms with Crippen molar-refractivity contribution in [1.82, 2.24) is 29.6 Å². The Bertz CT molecular complexity index is 1920. The van der Waals surface area contributed by atoms with E-state index in [1.807, 2.05) is 49.4 Å². The summed E-state index contributed by atoms with van der Waals surface area (Å²) in [6.07, 6.45) is 5.34. The third-order valence-corrected chi connectivity index (χ3v) is 7.24. The third-order valence-electron chi connectivity index (χ3n) is 6.41. The fourth-order valence-corrected chi connectivity index (χ4v) is 5.24. The second-order valence-corrected chi connectivity index (χ2v) is 10.4. The highest BCUT2D eigenvalue weighted by molar-refractivity contribution is 7.12.